The number of urea groups is 1. The van der Waals surface area contributed by atoms with Crippen molar-refractivity contribution in [3.05, 3.63) is 29.3 Å². The van der Waals surface area contributed by atoms with Crippen LogP contribution in [0.5, 0.6) is 0 Å². The number of likely N-dealkylation sites (N-methyl/N-ethyl adjacent to an activating group) is 1. The summed E-state index contributed by atoms with van der Waals surface area (Å²) in [5, 5.41) is 13.0. The Balaban J connectivity index is 1.64. The number of hydrogen-bond donors (Lipinski definition) is 2. The van der Waals surface area contributed by atoms with Crippen molar-refractivity contribution in [2.75, 3.05) is 18.9 Å². The standard InChI is InChI=1S/C17H24N2O2/c1-19(11-16(20)13-9-10-13)17(21)18-15-8-4-6-12-5-2-3-7-14(12)15/h4,6,8,13,16,20H,2-3,5,7,9-11H2,1H3,(H,18,21). The van der Waals surface area contributed by atoms with Crippen molar-refractivity contribution < 1.29 is 9.90 Å². The van der Waals surface area contributed by atoms with Crippen molar-refractivity contribution in [2.24, 2.45) is 5.92 Å². The van der Waals surface area contributed by atoms with Crippen LogP contribution >= 0.6 is 0 Å². The van der Waals surface area contributed by atoms with E-state index in [-0.39, 0.29) is 12.1 Å². The summed E-state index contributed by atoms with van der Waals surface area (Å²) in [5.74, 6) is 0.393. The van der Waals surface area contributed by atoms with Crippen molar-refractivity contribution >= 4 is 11.7 Å². The van der Waals surface area contributed by atoms with Crippen LogP contribution in [-0.2, 0) is 12.8 Å². The fourth-order valence-electron chi connectivity index (χ4n) is 3.10. The molecule has 1 aromatic carbocycles. The molecule has 114 valence electrons. The van der Waals surface area contributed by atoms with Crippen molar-refractivity contribution in [1.29, 1.82) is 0 Å². The van der Waals surface area contributed by atoms with E-state index in [1.165, 1.54) is 24.0 Å². The smallest absolute Gasteiger partial charge is 0.321 e. The third-order valence-electron chi connectivity index (χ3n) is 4.61. The Morgan fingerprint density at radius 3 is 2.90 bits per heavy atom. The Morgan fingerprint density at radius 2 is 2.14 bits per heavy atom. The second kappa shape index (κ2) is 6.06. The van der Waals surface area contributed by atoms with Gasteiger partial charge in [-0.25, -0.2) is 4.79 Å². The van der Waals surface area contributed by atoms with E-state index in [0.29, 0.717) is 12.5 Å². The van der Waals surface area contributed by atoms with Crippen LogP contribution in [0, 0.1) is 5.92 Å². The summed E-state index contributed by atoms with van der Waals surface area (Å²) in [6.07, 6.45) is 6.36. The maximum Gasteiger partial charge on any atom is 0.321 e. The molecule has 0 spiro atoms. The zero-order valence-corrected chi connectivity index (χ0v) is 12.6. The topological polar surface area (TPSA) is 52.6 Å². The monoisotopic (exact) mass is 288 g/mol. The number of nitrogens with zero attached hydrogens (tertiary/aromatic N) is 1. The van der Waals surface area contributed by atoms with Gasteiger partial charge in [0.25, 0.3) is 0 Å². The lowest BCUT2D eigenvalue weighted by Gasteiger charge is -2.24. The molecule has 0 heterocycles. The van der Waals surface area contributed by atoms with E-state index >= 15 is 0 Å². The molecule has 2 aliphatic carbocycles. The number of amides is 2. The first-order valence-electron chi connectivity index (χ1n) is 7.96. The Bertz CT molecular complexity index is 526. The fraction of sp³-hybridized carbons (Fsp3) is 0.588. The number of carbonyl (C=O) groups excluding carboxylic acids is 1. The Kier molecular flexibility index (Phi) is 4.15. The number of nitrogens with one attached hydrogen (secondary N) is 1. The van der Waals surface area contributed by atoms with E-state index in [4.69, 9.17) is 0 Å². The van der Waals surface area contributed by atoms with E-state index in [9.17, 15) is 9.90 Å². The first-order chi connectivity index (χ1) is 10.1. The van der Waals surface area contributed by atoms with Gasteiger partial charge in [-0.15, -0.1) is 0 Å². The minimum absolute atomic E-state index is 0.131. The lowest BCUT2D eigenvalue weighted by atomic mass is 9.90. The number of hydrogen-bond acceptors (Lipinski definition) is 2. The average Bonchev–Trinajstić information content (AvgIpc) is 3.32. The summed E-state index contributed by atoms with van der Waals surface area (Å²) in [5.41, 5.74) is 3.58. The number of benzene rings is 1. The zero-order valence-electron chi connectivity index (χ0n) is 12.6. The van der Waals surface area contributed by atoms with Gasteiger partial charge < -0.3 is 15.3 Å². The lowest BCUT2D eigenvalue weighted by molar-refractivity contribution is 0.117. The first kappa shape index (κ1) is 14.4. The Morgan fingerprint density at radius 1 is 1.38 bits per heavy atom. The van der Waals surface area contributed by atoms with Gasteiger partial charge in [-0.1, -0.05) is 12.1 Å². The number of anilines is 1. The van der Waals surface area contributed by atoms with Gasteiger partial charge in [0.2, 0.25) is 0 Å². The van der Waals surface area contributed by atoms with E-state index in [0.717, 1.165) is 31.4 Å². The van der Waals surface area contributed by atoms with Crippen LogP contribution in [0.1, 0.15) is 36.8 Å². The van der Waals surface area contributed by atoms with Gasteiger partial charge in [-0.3, -0.25) is 0 Å². The Hall–Kier alpha value is -1.55. The molecule has 1 aromatic rings. The fourth-order valence-corrected chi connectivity index (χ4v) is 3.10. The molecule has 2 amide bonds. The molecule has 1 fully saturated rings. The highest BCUT2D eigenvalue weighted by molar-refractivity contribution is 5.90. The van der Waals surface area contributed by atoms with Crippen LogP contribution in [0.15, 0.2) is 18.2 Å². The quantitative estimate of drug-likeness (QED) is 0.895. The second-order valence-corrected chi connectivity index (χ2v) is 6.37. The molecule has 1 saturated carbocycles. The van der Waals surface area contributed by atoms with E-state index in [2.05, 4.69) is 11.4 Å². The number of rotatable bonds is 4. The van der Waals surface area contributed by atoms with Crippen molar-refractivity contribution in [3.8, 4) is 0 Å². The molecule has 1 unspecified atom stereocenters. The molecule has 0 radical (unpaired) electrons. The summed E-state index contributed by atoms with van der Waals surface area (Å²) < 4.78 is 0. The molecule has 3 rings (SSSR count). The highest BCUT2D eigenvalue weighted by Gasteiger charge is 2.31. The predicted octanol–water partition coefficient (Wildman–Crippen LogP) is 2.80. The van der Waals surface area contributed by atoms with E-state index in [1.807, 2.05) is 12.1 Å². The molecule has 0 aliphatic heterocycles. The SMILES string of the molecule is CN(CC(O)C1CC1)C(=O)Nc1cccc2c1CCCC2. The largest absolute Gasteiger partial charge is 0.391 e. The highest BCUT2D eigenvalue weighted by atomic mass is 16.3. The molecule has 2 aliphatic rings. The van der Waals surface area contributed by atoms with Crippen LogP contribution in [0.3, 0.4) is 0 Å². The molecule has 1 atom stereocenters. The van der Waals surface area contributed by atoms with Crippen LogP contribution < -0.4 is 5.32 Å². The van der Waals surface area contributed by atoms with Crippen LogP contribution in [0.4, 0.5) is 10.5 Å². The molecule has 0 bridgehead atoms. The zero-order chi connectivity index (χ0) is 14.8. The predicted molar refractivity (Wildman–Crippen MR) is 83.5 cm³/mol. The van der Waals surface area contributed by atoms with Gasteiger partial charge in [-0.2, -0.15) is 0 Å². The molecule has 2 N–H and O–H groups in total. The minimum Gasteiger partial charge on any atom is -0.391 e. The van der Waals surface area contributed by atoms with Gasteiger partial charge in [-0.05, 0) is 61.6 Å². The summed E-state index contributed by atoms with van der Waals surface area (Å²) >= 11 is 0. The second-order valence-electron chi connectivity index (χ2n) is 6.37. The minimum atomic E-state index is -0.384. The molecule has 4 nitrogen and oxygen atoms in total. The molecular formula is C17H24N2O2. The maximum atomic E-state index is 12.3. The molecule has 0 saturated heterocycles. The van der Waals surface area contributed by atoms with Crippen molar-refractivity contribution in [3.63, 3.8) is 0 Å². The molecule has 21 heavy (non-hydrogen) atoms. The number of carbonyl (C=O) groups is 1. The van der Waals surface area contributed by atoms with Gasteiger partial charge in [0.05, 0.1) is 6.10 Å². The molecule has 0 aromatic heterocycles. The van der Waals surface area contributed by atoms with Gasteiger partial charge in [0, 0.05) is 19.3 Å². The normalized spacial score (nSPS) is 18.8. The van der Waals surface area contributed by atoms with Gasteiger partial charge >= 0.3 is 6.03 Å². The van der Waals surface area contributed by atoms with Gasteiger partial charge in [0.15, 0.2) is 0 Å². The summed E-state index contributed by atoms with van der Waals surface area (Å²) in [4.78, 5) is 13.9. The van der Waals surface area contributed by atoms with Crippen LogP contribution in [0.25, 0.3) is 0 Å². The maximum absolute atomic E-state index is 12.3. The molecule has 4 heteroatoms. The van der Waals surface area contributed by atoms with Crippen LogP contribution in [-0.4, -0.2) is 35.7 Å². The highest BCUT2D eigenvalue weighted by Crippen LogP contribution is 2.33. The molecular weight excluding hydrogens is 264 g/mol. The lowest BCUT2D eigenvalue weighted by Crippen LogP contribution is -2.38. The Labute approximate surface area is 126 Å². The average molecular weight is 288 g/mol. The number of fused-ring (bicyclic) bond motifs is 1. The summed E-state index contributed by atoms with van der Waals surface area (Å²) in [7, 11) is 1.75. The van der Waals surface area contributed by atoms with Gasteiger partial charge in [0.1, 0.15) is 0 Å². The first-order valence-corrected chi connectivity index (χ1v) is 7.96. The van der Waals surface area contributed by atoms with Crippen molar-refractivity contribution in [2.45, 2.75) is 44.6 Å². The number of aliphatic hydroxyl groups excluding tert-OH is 1. The van der Waals surface area contributed by atoms with E-state index in [1.54, 1.807) is 11.9 Å². The summed E-state index contributed by atoms with van der Waals surface area (Å²) in [6, 6.07) is 6.02. The summed E-state index contributed by atoms with van der Waals surface area (Å²) in [6.45, 7) is 0.408. The van der Waals surface area contributed by atoms with Crippen LogP contribution in [0.2, 0.25) is 0 Å². The third kappa shape index (κ3) is 3.38. The number of aryl methyl sites for hydroxylation is 1. The van der Waals surface area contributed by atoms with Crippen molar-refractivity contribution in [1.82, 2.24) is 4.90 Å². The number of aliphatic hydroxyl groups is 1. The van der Waals surface area contributed by atoms with E-state index < -0.39 is 0 Å². The third-order valence-corrected chi connectivity index (χ3v) is 4.61.